The Kier molecular flexibility index (Phi) is 4.16. The van der Waals surface area contributed by atoms with E-state index in [-0.39, 0.29) is 17.6 Å². The average Bonchev–Trinajstić information content (AvgIpc) is 2.26. The number of aromatic hydroxyl groups is 1. The van der Waals surface area contributed by atoms with Crippen molar-refractivity contribution in [2.45, 2.75) is 26.2 Å². The fourth-order valence-corrected chi connectivity index (χ4v) is 1.23. The molecule has 3 nitrogen and oxygen atoms in total. The van der Waals surface area contributed by atoms with E-state index in [2.05, 4.69) is 0 Å². The van der Waals surface area contributed by atoms with E-state index in [4.69, 9.17) is 9.84 Å². The van der Waals surface area contributed by atoms with Crippen LogP contribution in [0.3, 0.4) is 0 Å². The predicted octanol–water partition coefficient (Wildman–Crippen LogP) is 2.45. The van der Waals surface area contributed by atoms with Gasteiger partial charge in [0.2, 0.25) is 0 Å². The molecule has 0 bridgehead atoms. The predicted molar refractivity (Wildman–Crippen MR) is 57.8 cm³/mol. The summed E-state index contributed by atoms with van der Waals surface area (Å²) in [5.74, 6) is -0.299. The van der Waals surface area contributed by atoms with Crippen LogP contribution >= 0.6 is 0 Å². The summed E-state index contributed by atoms with van der Waals surface area (Å²) in [5.41, 5.74) is 0.855. The van der Waals surface area contributed by atoms with Crippen LogP contribution in [0, 0.1) is 0 Å². The summed E-state index contributed by atoms with van der Waals surface area (Å²) in [7, 11) is 0. The van der Waals surface area contributed by atoms with E-state index in [0.29, 0.717) is 6.61 Å². The van der Waals surface area contributed by atoms with Crippen molar-refractivity contribution >= 4 is 5.97 Å². The Labute approximate surface area is 89.7 Å². The molecular formula is C12H16O3. The maximum absolute atomic E-state index is 11.5. The van der Waals surface area contributed by atoms with Crippen molar-refractivity contribution in [2.75, 3.05) is 6.61 Å². The molecule has 3 heteroatoms. The van der Waals surface area contributed by atoms with E-state index in [1.807, 2.05) is 6.92 Å². The standard InChI is InChI=1S/C12H16O3/c1-3-8-15-12(14)9(2)10-4-6-11(13)7-5-10/h4-7,9,13H,3,8H2,1-2H3. The first-order chi connectivity index (χ1) is 7.15. The summed E-state index contributed by atoms with van der Waals surface area (Å²) in [6.07, 6.45) is 0.827. The van der Waals surface area contributed by atoms with Crippen molar-refractivity contribution < 1.29 is 14.6 Å². The average molecular weight is 208 g/mol. The molecule has 0 spiro atoms. The van der Waals surface area contributed by atoms with Crippen LogP contribution in [0.15, 0.2) is 24.3 Å². The van der Waals surface area contributed by atoms with Gasteiger partial charge in [-0.3, -0.25) is 4.79 Å². The topological polar surface area (TPSA) is 46.5 Å². The minimum absolute atomic E-state index is 0.202. The molecule has 1 atom stereocenters. The zero-order valence-corrected chi connectivity index (χ0v) is 9.06. The Morgan fingerprint density at radius 1 is 1.40 bits per heavy atom. The summed E-state index contributed by atoms with van der Waals surface area (Å²) < 4.78 is 5.04. The van der Waals surface area contributed by atoms with E-state index in [9.17, 15) is 4.79 Å². The first kappa shape index (κ1) is 11.6. The van der Waals surface area contributed by atoms with Crippen LogP contribution < -0.4 is 0 Å². The largest absolute Gasteiger partial charge is 0.508 e. The highest BCUT2D eigenvalue weighted by atomic mass is 16.5. The smallest absolute Gasteiger partial charge is 0.313 e. The number of benzene rings is 1. The number of carbonyl (C=O) groups excluding carboxylic acids is 1. The fourth-order valence-electron chi connectivity index (χ4n) is 1.23. The van der Waals surface area contributed by atoms with Gasteiger partial charge in [-0.15, -0.1) is 0 Å². The highest BCUT2D eigenvalue weighted by Gasteiger charge is 2.15. The number of rotatable bonds is 4. The van der Waals surface area contributed by atoms with Crippen molar-refractivity contribution in [3.05, 3.63) is 29.8 Å². The molecule has 0 saturated heterocycles. The third kappa shape index (κ3) is 3.27. The number of hydrogen-bond donors (Lipinski definition) is 1. The molecule has 1 aromatic rings. The monoisotopic (exact) mass is 208 g/mol. The number of phenolic OH excluding ortho intramolecular Hbond substituents is 1. The highest BCUT2D eigenvalue weighted by molar-refractivity contribution is 5.77. The first-order valence-electron chi connectivity index (χ1n) is 5.10. The van der Waals surface area contributed by atoms with Crippen molar-refractivity contribution in [1.29, 1.82) is 0 Å². The van der Waals surface area contributed by atoms with Crippen molar-refractivity contribution in [3.63, 3.8) is 0 Å². The van der Waals surface area contributed by atoms with Crippen LogP contribution in [0.5, 0.6) is 5.75 Å². The Bertz CT molecular complexity index is 316. The van der Waals surface area contributed by atoms with Gasteiger partial charge in [-0.25, -0.2) is 0 Å². The summed E-state index contributed by atoms with van der Waals surface area (Å²) >= 11 is 0. The maximum Gasteiger partial charge on any atom is 0.313 e. The van der Waals surface area contributed by atoms with Crippen LogP contribution in [0.1, 0.15) is 31.7 Å². The quantitative estimate of drug-likeness (QED) is 0.773. The van der Waals surface area contributed by atoms with Gasteiger partial charge in [0.1, 0.15) is 5.75 Å². The second kappa shape index (κ2) is 5.39. The third-order valence-corrected chi connectivity index (χ3v) is 2.20. The minimum atomic E-state index is -0.280. The van der Waals surface area contributed by atoms with Gasteiger partial charge >= 0.3 is 5.97 Å². The van der Waals surface area contributed by atoms with Gasteiger partial charge in [0, 0.05) is 0 Å². The molecule has 1 unspecified atom stereocenters. The van der Waals surface area contributed by atoms with E-state index in [1.165, 1.54) is 0 Å². The molecule has 0 aliphatic heterocycles. The molecule has 0 saturated carbocycles. The van der Waals surface area contributed by atoms with Crippen LogP contribution in [0.2, 0.25) is 0 Å². The molecule has 0 amide bonds. The Balaban J connectivity index is 2.63. The van der Waals surface area contributed by atoms with Crippen molar-refractivity contribution in [2.24, 2.45) is 0 Å². The molecular weight excluding hydrogens is 192 g/mol. The Morgan fingerprint density at radius 3 is 2.53 bits per heavy atom. The SMILES string of the molecule is CCCOC(=O)C(C)c1ccc(O)cc1. The van der Waals surface area contributed by atoms with Gasteiger partial charge in [0.25, 0.3) is 0 Å². The summed E-state index contributed by atoms with van der Waals surface area (Å²) in [4.78, 5) is 11.5. The molecule has 0 aliphatic carbocycles. The zero-order valence-electron chi connectivity index (χ0n) is 9.06. The number of hydrogen-bond acceptors (Lipinski definition) is 3. The van der Waals surface area contributed by atoms with E-state index < -0.39 is 0 Å². The van der Waals surface area contributed by atoms with Gasteiger partial charge in [0.15, 0.2) is 0 Å². The van der Waals surface area contributed by atoms with Gasteiger partial charge in [-0.2, -0.15) is 0 Å². The highest BCUT2D eigenvalue weighted by Crippen LogP contribution is 2.19. The van der Waals surface area contributed by atoms with Crippen molar-refractivity contribution in [3.8, 4) is 5.75 Å². The lowest BCUT2D eigenvalue weighted by molar-refractivity contribution is -0.145. The molecule has 1 N–H and O–H groups in total. The number of carbonyl (C=O) groups is 1. The van der Waals surface area contributed by atoms with Gasteiger partial charge in [0.05, 0.1) is 12.5 Å². The van der Waals surface area contributed by atoms with Crippen LogP contribution in [0.4, 0.5) is 0 Å². The second-order valence-corrected chi connectivity index (χ2v) is 3.48. The molecule has 1 rings (SSSR count). The fraction of sp³-hybridized carbons (Fsp3) is 0.417. The molecule has 82 valence electrons. The Morgan fingerprint density at radius 2 is 2.00 bits per heavy atom. The van der Waals surface area contributed by atoms with Crippen molar-refractivity contribution in [1.82, 2.24) is 0 Å². The lowest BCUT2D eigenvalue weighted by Crippen LogP contribution is -2.13. The third-order valence-electron chi connectivity index (χ3n) is 2.20. The second-order valence-electron chi connectivity index (χ2n) is 3.48. The van der Waals surface area contributed by atoms with Gasteiger partial charge in [-0.1, -0.05) is 19.1 Å². The number of esters is 1. The molecule has 0 aromatic heterocycles. The van der Waals surface area contributed by atoms with E-state index >= 15 is 0 Å². The first-order valence-corrected chi connectivity index (χ1v) is 5.10. The molecule has 1 aromatic carbocycles. The molecule has 0 heterocycles. The van der Waals surface area contributed by atoms with Gasteiger partial charge < -0.3 is 9.84 Å². The summed E-state index contributed by atoms with van der Waals surface area (Å²) in [6.45, 7) is 4.21. The molecule has 0 aliphatic rings. The molecule has 15 heavy (non-hydrogen) atoms. The summed E-state index contributed by atoms with van der Waals surface area (Å²) in [6, 6.07) is 6.60. The lowest BCUT2D eigenvalue weighted by atomic mass is 10.0. The van der Waals surface area contributed by atoms with Gasteiger partial charge in [-0.05, 0) is 31.0 Å². The van der Waals surface area contributed by atoms with E-state index in [1.54, 1.807) is 31.2 Å². The van der Waals surface area contributed by atoms with Crippen LogP contribution in [-0.4, -0.2) is 17.7 Å². The molecule has 0 radical (unpaired) electrons. The number of phenols is 1. The molecule has 0 fully saturated rings. The maximum atomic E-state index is 11.5. The van der Waals surface area contributed by atoms with Crippen LogP contribution in [0.25, 0.3) is 0 Å². The minimum Gasteiger partial charge on any atom is -0.508 e. The van der Waals surface area contributed by atoms with E-state index in [0.717, 1.165) is 12.0 Å². The normalized spacial score (nSPS) is 12.1. The lowest BCUT2D eigenvalue weighted by Gasteiger charge is -2.11. The zero-order chi connectivity index (χ0) is 11.3. The number of ether oxygens (including phenoxy) is 1. The van der Waals surface area contributed by atoms with Crippen LogP contribution in [-0.2, 0) is 9.53 Å². The summed E-state index contributed by atoms with van der Waals surface area (Å²) in [5, 5.41) is 9.10. The Hall–Kier alpha value is -1.51.